The highest BCUT2D eigenvalue weighted by atomic mass is 35.5. The third-order valence-electron chi connectivity index (χ3n) is 5.38. The predicted octanol–water partition coefficient (Wildman–Crippen LogP) is 6.54. The third kappa shape index (κ3) is 4.99. The maximum Gasteiger partial charge on any atom is 0.253 e. The Morgan fingerprint density at radius 2 is 1.55 bits per heavy atom. The molecule has 1 fully saturated rings. The summed E-state index contributed by atoms with van der Waals surface area (Å²) in [6.07, 6.45) is 3.25. The highest BCUT2D eigenvalue weighted by molar-refractivity contribution is 6.30. The second-order valence-electron chi connectivity index (χ2n) is 7.43. The number of hydrogen-bond donors (Lipinski definition) is 0. The van der Waals surface area contributed by atoms with E-state index in [1.807, 2.05) is 71.6 Å². The first-order valence-electron chi connectivity index (χ1n) is 10.1. The van der Waals surface area contributed by atoms with Crippen LogP contribution in [0.1, 0.15) is 41.1 Å². The molecule has 0 aliphatic carbocycles. The molecular formula is C25H24ClNO2. The van der Waals surface area contributed by atoms with Crippen LogP contribution in [0.5, 0.6) is 11.5 Å². The molecule has 0 aromatic heterocycles. The van der Waals surface area contributed by atoms with E-state index in [-0.39, 0.29) is 5.91 Å². The topological polar surface area (TPSA) is 29.5 Å². The second-order valence-corrected chi connectivity index (χ2v) is 7.87. The third-order valence-corrected chi connectivity index (χ3v) is 5.63. The molecule has 3 nitrogen and oxygen atoms in total. The fraction of sp³-hybridized carbons (Fsp3) is 0.240. The number of benzene rings is 3. The largest absolute Gasteiger partial charge is 0.457 e. The number of carbonyl (C=O) groups is 1. The minimum atomic E-state index is 0.0807. The first kappa shape index (κ1) is 19.5. The first-order valence-corrected chi connectivity index (χ1v) is 10.4. The van der Waals surface area contributed by atoms with Gasteiger partial charge in [0, 0.05) is 29.6 Å². The summed E-state index contributed by atoms with van der Waals surface area (Å²) < 4.78 is 5.83. The lowest BCUT2D eigenvalue weighted by Crippen LogP contribution is -2.34. The van der Waals surface area contributed by atoms with Gasteiger partial charge in [-0.15, -0.1) is 0 Å². The maximum atomic E-state index is 13.1. The van der Waals surface area contributed by atoms with Crippen LogP contribution in [-0.2, 0) is 0 Å². The zero-order chi connectivity index (χ0) is 20.1. The summed E-state index contributed by atoms with van der Waals surface area (Å²) in [5, 5.41) is 0.744. The van der Waals surface area contributed by atoms with Crippen LogP contribution < -0.4 is 4.74 Å². The molecule has 4 rings (SSSR count). The van der Waals surface area contributed by atoms with Crippen LogP contribution in [0.3, 0.4) is 0 Å². The molecule has 1 saturated heterocycles. The van der Waals surface area contributed by atoms with Crippen molar-refractivity contribution in [2.45, 2.75) is 25.2 Å². The van der Waals surface area contributed by atoms with E-state index in [1.54, 1.807) is 0 Å². The fourth-order valence-electron chi connectivity index (χ4n) is 3.81. The molecule has 29 heavy (non-hydrogen) atoms. The van der Waals surface area contributed by atoms with Crippen LogP contribution in [0, 0.1) is 0 Å². The van der Waals surface area contributed by atoms with Crippen LogP contribution in [0.2, 0.25) is 5.02 Å². The number of para-hydroxylation sites is 1. The van der Waals surface area contributed by atoms with E-state index >= 15 is 0 Å². The van der Waals surface area contributed by atoms with Gasteiger partial charge in [0.15, 0.2) is 0 Å². The number of ether oxygens (including phenoxy) is 1. The Labute approximate surface area is 176 Å². The lowest BCUT2D eigenvalue weighted by Gasteiger charge is -2.25. The van der Waals surface area contributed by atoms with Crippen molar-refractivity contribution < 1.29 is 9.53 Å². The molecule has 1 amide bonds. The van der Waals surface area contributed by atoms with Gasteiger partial charge in [-0.25, -0.2) is 0 Å². The molecule has 0 N–H and O–H groups in total. The minimum absolute atomic E-state index is 0.0807. The van der Waals surface area contributed by atoms with Crippen molar-refractivity contribution in [3.63, 3.8) is 0 Å². The molecule has 1 aliphatic rings. The Bertz CT molecular complexity index is 939. The molecule has 1 atom stereocenters. The number of hydrogen-bond acceptors (Lipinski definition) is 2. The molecule has 0 bridgehead atoms. The summed E-state index contributed by atoms with van der Waals surface area (Å²) >= 11 is 6.03. The summed E-state index contributed by atoms with van der Waals surface area (Å²) in [6, 6.07) is 25.1. The molecule has 0 saturated carbocycles. The summed E-state index contributed by atoms with van der Waals surface area (Å²) in [5.41, 5.74) is 1.95. The van der Waals surface area contributed by atoms with E-state index in [0.29, 0.717) is 11.5 Å². The summed E-state index contributed by atoms with van der Waals surface area (Å²) in [5.74, 6) is 1.93. The number of carbonyl (C=O) groups excluding carboxylic acids is 1. The van der Waals surface area contributed by atoms with Gasteiger partial charge in [-0.2, -0.15) is 0 Å². The van der Waals surface area contributed by atoms with Crippen molar-refractivity contribution in [1.29, 1.82) is 0 Å². The maximum absolute atomic E-state index is 13.1. The van der Waals surface area contributed by atoms with Crippen LogP contribution in [0.15, 0.2) is 78.9 Å². The summed E-state index contributed by atoms with van der Waals surface area (Å²) in [4.78, 5) is 15.1. The molecule has 0 spiro atoms. The number of amides is 1. The molecule has 3 aromatic carbocycles. The molecule has 4 heteroatoms. The van der Waals surface area contributed by atoms with Gasteiger partial charge >= 0.3 is 0 Å². The molecular weight excluding hydrogens is 382 g/mol. The van der Waals surface area contributed by atoms with E-state index in [2.05, 4.69) is 12.1 Å². The molecule has 3 aromatic rings. The fourth-order valence-corrected chi connectivity index (χ4v) is 3.93. The molecule has 1 aliphatic heterocycles. The van der Waals surface area contributed by atoms with E-state index in [0.717, 1.165) is 48.9 Å². The Kier molecular flexibility index (Phi) is 6.16. The van der Waals surface area contributed by atoms with Crippen LogP contribution in [-0.4, -0.2) is 23.9 Å². The van der Waals surface area contributed by atoms with Gasteiger partial charge in [-0.3, -0.25) is 4.79 Å². The molecule has 0 radical (unpaired) electrons. The van der Waals surface area contributed by atoms with Gasteiger partial charge in [0.05, 0.1) is 0 Å². The number of halogens is 1. The minimum Gasteiger partial charge on any atom is -0.457 e. The van der Waals surface area contributed by atoms with E-state index in [4.69, 9.17) is 16.3 Å². The Morgan fingerprint density at radius 3 is 2.28 bits per heavy atom. The van der Waals surface area contributed by atoms with Crippen molar-refractivity contribution in [2.24, 2.45) is 0 Å². The van der Waals surface area contributed by atoms with Crippen molar-refractivity contribution in [3.05, 3.63) is 95.0 Å². The number of nitrogens with zero attached hydrogens (tertiary/aromatic N) is 1. The van der Waals surface area contributed by atoms with E-state index in [1.165, 1.54) is 5.56 Å². The molecule has 1 heterocycles. The highest BCUT2D eigenvalue weighted by Gasteiger charge is 2.24. The standard InChI is InChI=1S/C25H24ClNO2/c26-22-13-9-19(10-14-22)21-6-4-5-17-27(18-21)25(28)20-11-15-24(16-12-20)29-23-7-2-1-3-8-23/h1-3,7-16,21H,4-6,17-18H2. The molecule has 148 valence electrons. The average Bonchev–Trinajstić information content (AvgIpc) is 3.01. The normalized spacial score (nSPS) is 16.9. The summed E-state index contributed by atoms with van der Waals surface area (Å²) in [6.45, 7) is 1.54. The number of rotatable bonds is 4. The smallest absolute Gasteiger partial charge is 0.253 e. The Balaban J connectivity index is 1.45. The van der Waals surface area contributed by atoms with Crippen molar-refractivity contribution >= 4 is 17.5 Å². The Hall–Kier alpha value is -2.78. The van der Waals surface area contributed by atoms with Gasteiger partial charge < -0.3 is 9.64 Å². The van der Waals surface area contributed by atoms with Crippen LogP contribution >= 0.6 is 11.6 Å². The van der Waals surface area contributed by atoms with Gasteiger partial charge in [-0.05, 0) is 66.9 Å². The van der Waals surface area contributed by atoms with Gasteiger partial charge in [-0.1, -0.05) is 48.4 Å². The van der Waals surface area contributed by atoms with Gasteiger partial charge in [0.2, 0.25) is 0 Å². The monoisotopic (exact) mass is 405 g/mol. The zero-order valence-electron chi connectivity index (χ0n) is 16.3. The quantitative estimate of drug-likeness (QED) is 0.493. The zero-order valence-corrected chi connectivity index (χ0v) is 17.0. The highest BCUT2D eigenvalue weighted by Crippen LogP contribution is 2.29. The van der Waals surface area contributed by atoms with Gasteiger partial charge in [0.1, 0.15) is 11.5 Å². The van der Waals surface area contributed by atoms with Gasteiger partial charge in [0.25, 0.3) is 5.91 Å². The van der Waals surface area contributed by atoms with Crippen molar-refractivity contribution in [3.8, 4) is 11.5 Å². The van der Waals surface area contributed by atoms with Crippen LogP contribution in [0.25, 0.3) is 0 Å². The lowest BCUT2D eigenvalue weighted by molar-refractivity contribution is 0.0754. The number of likely N-dealkylation sites (tertiary alicyclic amines) is 1. The summed E-state index contributed by atoms with van der Waals surface area (Å²) in [7, 11) is 0. The van der Waals surface area contributed by atoms with E-state index < -0.39 is 0 Å². The van der Waals surface area contributed by atoms with E-state index in [9.17, 15) is 4.79 Å². The van der Waals surface area contributed by atoms with Crippen molar-refractivity contribution in [2.75, 3.05) is 13.1 Å². The van der Waals surface area contributed by atoms with Crippen LogP contribution in [0.4, 0.5) is 0 Å². The van der Waals surface area contributed by atoms with Crippen molar-refractivity contribution in [1.82, 2.24) is 4.90 Å². The second kappa shape index (κ2) is 9.15. The lowest BCUT2D eigenvalue weighted by atomic mass is 9.94. The molecule has 1 unspecified atom stereocenters. The Morgan fingerprint density at radius 1 is 0.862 bits per heavy atom. The average molecular weight is 406 g/mol. The SMILES string of the molecule is O=C(c1ccc(Oc2ccccc2)cc1)N1CCCCC(c2ccc(Cl)cc2)C1. The first-order chi connectivity index (χ1) is 14.2. The predicted molar refractivity (Wildman–Crippen MR) is 117 cm³/mol.